The zero-order valence-corrected chi connectivity index (χ0v) is 14.9. The van der Waals surface area contributed by atoms with Crippen LogP contribution in [-0.2, 0) is 4.79 Å². The summed E-state index contributed by atoms with van der Waals surface area (Å²) in [6, 6.07) is 0. The lowest BCUT2D eigenvalue weighted by molar-refractivity contribution is -0.127. The largest absolute Gasteiger partial charge is 0.392 e. The smallest absolute Gasteiger partial charge is 0.162 e. The van der Waals surface area contributed by atoms with Gasteiger partial charge in [-0.3, -0.25) is 4.79 Å². The molecule has 128 valence electrons. The van der Waals surface area contributed by atoms with Crippen molar-refractivity contribution in [3.05, 3.63) is 22.8 Å². The quantitative estimate of drug-likeness (QED) is 0.767. The van der Waals surface area contributed by atoms with Crippen LogP contribution in [0, 0.1) is 22.7 Å². The van der Waals surface area contributed by atoms with E-state index in [2.05, 4.69) is 27.7 Å². The maximum absolute atomic E-state index is 12.9. The van der Waals surface area contributed by atoms with Crippen LogP contribution in [0.25, 0.3) is 0 Å². The molecule has 0 amide bonds. The molecular weight excluding hydrogens is 288 g/mol. The molecule has 3 nitrogen and oxygen atoms in total. The first kappa shape index (κ1) is 16.9. The topological polar surface area (TPSA) is 57.5 Å². The van der Waals surface area contributed by atoms with Gasteiger partial charge in [-0.15, -0.1) is 0 Å². The minimum atomic E-state index is -0.709. The number of carbonyl (C=O) groups is 1. The van der Waals surface area contributed by atoms with E-state index in [0.29, 0.717) is 17.9 Å². The minimum absolute atomic E-state index is 0.0904. The molecule has 2 N–H and O–H groups in total. The molecular formula is C20H30O3. The first-order chi connectivity index (χ1) is 10.7. The van der Waals surface area contributed by atoms with Crippen molar-refractivity contribution < 1.29 is 15.0 Å². The first-order valence-corrected chi connectivity index (χ1v) is 9.00. The number of aliphatic hydroxyl groups excluding tert-OH is 2. The summed E-state index contributed by atoms with van der Waals surface area (Å²) < 4.78 is 0. The molecule has 1 saturated carbocycles. The molecule has 0 aromatic carbocycles. The average Bonchev–Trinajstić information content (AvgIpc) is 2.81. The maximum Gasteiger partial charge on any atom is 0.162 e. The van der Waals surface area contributed by atoms with E-state index >= 15 is 0 Å². The highest BCUT2D eigenvalue weighted by atomic mass is 16.3. The number of ketones is 1. The summed E-state index contributed by atoms with van der Waals surface area (Å²) in [4.78, 5) is 12.9. The van der Waals surface area contributed by atoms with E-state index < -0.39 is 11.5 Å². The van der Waals surface area contributed by atoms with E-state index in [4.69, 9.17) is 0 Å². The van der Waals surface area contributed by atoms with Crippen LogP contribution in [-0.4, -0.2) is 28.7 Å². The van der Waals surface area contributed by atoms with Gasteiger partial charge in [0.15, 0.2) is 5.78 Å². The Balaban J connectivity index is 2.13. The highest BCUT2D eigenvalue weighted by molar-refractivity contribution is 5.96. The second-order valence-electron chi connectivity index (χ2n) is 8.62. The van der Waals surface area contributed by atoms with Crippen LogP contribution in [0.5, 0.6) is 0 Å². The summed E-state index contributed by atoms with van der Waals surface area (Å²) in [5.74, 6) is 0.687. The molecule has 4 unspecified atom stereocenters. The van der Waals surface area contributed by atoms with Crippen LogP contribution in [0.15, 0.2) is 22.8 Å². The van der Waals surface area contributed by atoms with Gasteiger partial charge in [0.25, 0.3) is 0 Å². The monoisotopic (exact) mass is 318 g/mol. The number of hydrogen-bond acceptors (Lipinski definition) is 3. The zero-order chi connectivity index (χ0) is 17.0. The predicted molar refractivity (Wildman–Crippen MR) is 90.8 cm³/mol. The fourth-order valence-corrected chi connectivity index (χ4v) is 5.23. The summed E-state index contributed by atoms with van der Waals surface area (Å²) in [6.45, 7) is 8.67. The van der Waals surface area contributed by atoms with Gasteiger partial charge in [0.05, 0.1) is 12.7 Å². The fourth-order valence-electron chi connectivity index (χ4n) is 5.23. The van der Waals surface area contributed by atoms with Gasteiger partial charge in [0, 0.05) is 5.41 Å². The number of hydrogen-bond donors (Lipinski definition) is 2. The number of aliphatic hydroxyl groups is 2. The zero-order valence-electron chi connectivity index (χ0n) is 14.9. The Bertz CT molecular complexity index is 586. The minimum Gasteiger partial charge on any atom is -0.392 e. The molecule has 0 saturated heterocycles. The van der Waals surface area contributed by atoms with Gasteiger partial charge in [0.1, 0.15) is 0 Å². The fraction of sp³-hybridized carbons (Fsp3) is 0.750. The van der Waals surface area contributed by atoms with Gasteiger partial charge in [-0.25, -0.2) is 0 Å². The first-order valence-electron chi connectivity index (χ1n) is 9.00. The SMILES string of the molecule is CC(C)C1=C2C3CC(O)C(CO)=CC(=O)C3(C)CCC2(C)CC1. The van der Waals surface area contributed by atoms with Gasteiger partial charge in [-0.05, 0) is 61.0 Å². The average molecular weight is 318 g/mol. The van der Waals surface area contributed by atoms with Crippen LogP contribution in [0.4, 0.5) is 0 Å². The van der Waals surface area contributed by atoms with Crippen LogP contribution in [0.2, 0.25) is 0 Å². The maximum atomic E-state index is 12.9. The lowest BCUT2D eigenvalue weighted by Gasteiger charge is -2.49. The molecule has 0 aliphatic heterocycles. The second-order valence-corrected chi connectivity index (χ2v) is 8.62. The number of fused-ring (bicyclic) bond motifs is 3. The van der Waals surface area contributed by atoms with Gasteiger partial charge >= 0.3 is 0 Å². The van der Waals surface area contributed by atoms with Crippen molar-refractivity contribution in [3.63, 3.8) is 0 Å². The van der Waals surface area contributed by atoms with Gasteiger partial charge < -0.3 is 10.2 Å². The third kappa shape index (κ3) is 2.44. The van der Waals surface area contributed by atoms with Gasteiger partial charge in [-0.2, -0.15) is 0 Å². The van der Waals surface area contributed by atoms with Crippen molar-refractivity contribution in [2.45, 2.75) is 65.9 Å². The molecule has 3 aliphatic rings. The summed E-state index contributed by atoms with van der Waals surface area (Å²) in [5, 5.41) is 20.1. The third-order valence-corrected chi connectivity index (χ3v) is 6.90. The molecule has 0 spiro atoms. The van der Waals surface area contributed by atoms with Crippen molar-refractivity contribution in [1.82, 2.24) is 0 Å². The number of allylic oxidation sites excluding steroid dienone is 3. The molecule has 0 aromatic heterocycles. The molecule has 3 rings (SSSR count). The molecule has 4 atom stereocenters. The highest BCUT2D eigenvalue weighted by Gasteiger charge is 2.55. The standard InChI is InChI=1S/C20H30O3/c1-12(2)14-5-6-19(3)7-8-20(4)15(18(14)19)10-16(22)13(11-21)9-17(20)23/h9,12,15-16,21-22H,5-8,10-11H2,1-4H3. The summed E-state index contributed by atoms with van der Waals surface area (Å²) >= 11 is 0. The number of carbonyl (C=O) groups excluding carboxylic acids is 1. The van der Waals surface area contributed by atoms with Crippen LogP contribution in [0.3, 0.4) is 0 Å². The molecule has 23 heavy (non-hydrogen) atoms. The summed E-state index contributed by atoms with van der Waals surface area (Å²) in [7, 11) is 0. The van der Waals surface area contributed by atoms with E-state index in [0.717, 1.165) is 19.3 Å². The lowest BCUT2D eigenvalue weighted by atomic mass is 9.54. The molecule has 0 heterocycles. The van der Waals surface area contributed by atoms with E-state index in [-0.39, 0.29) is 23.7 Å². The van der Waals surface area contributed by atoms with Crippen LogP contribution in [0.1, 0.15) is 59.8 Å². The normalized spacial score (nSPS) is 40.8. The Hall–Kier alpha value is -0.930. The highest BCUT2D eigenvalue weighted by Crippen LogP contribution is 2.62. The Kier molecular flexibility index (Phi) is 4.09. The Morgan fingerprint density at radius 1 is 1.26 bits per heavy atom. The molecule has 3 aliphatic carbocycles. The molecule has 3 heteroatoms. The predicted octanol–water partition coefficient (Wildman–Crippen LogP) is 3.41. The molecule has 1 fully saturated rings. The van der Waals surface area contributed by atoms with Crippen molar-refractivity contribution in [2.75, 3.05) is 6.61 Å². The molecule has 0 bridgehead atoms. The van der Waals surface area contributed by atoms with E-state index in [1.54, 1.807) is 0 Å². The van der Waals surface area contributed by atoms with Crippen molar-refractivity contribution in [2.24, 2.45) is 22.7 Å². The van der Waals surface area contributed by atoms with Gasteiger partial charge in [0.2, 0.25) is 0 Å². The Morgan fingerprint density at radius 2 is 1.96 bits per heavy atom. The van der Waals surface area contributed by atoms with E-state index in [1.165, 1.54) is 23.6 Å². The van der Waals surface area contributed by atoms with Crippen LogP contribution < -0.4 is 0 Å². The second kappa shape index (κ2) is 5.56. The number of rotatable bonds is 2. The molecule has 0 radical (unpaired) electrons. The third-order valence-electron chi connectivity index (χ3n) is 6.90. The lowest BCUT2D eigenvalue weighted by Crippen LogP contribution is -2.44. The van der Waals surface area contributed by atoms with Crippen molar-refractivity contribution in [1.29, 1.82) is 0 Å². The Morgan fingerprint density at radius 3 is 2.57 bits per heavy atom. The Labute approximate surface area is 139 Å². The van der Waals surface area contributed by atoms with E-state index in [9.17, 15) is 15.0 Å². The van der Waals surface area contributed by atoms with E-state index in [1.807, 2.05) is 0 Å². The summed E-state index contributed by atoms with van der Waals surface area (Å²) in [6.07, 6.45) is 5.61. The van der Waals surface area contributed by atoms with Crippen molar-refractivity contribution in [3.8, 4) is 0 Å². The van der Waals surface area contributed by atoms with Crippen LogP contribution >= 0.6 is 0 Å². The summed E-state index contributed by atoms with van der Waals surface area (Å²) in [5.41, 5.74) is 3.21. The van der Waals surface area contributed by atoms with Crippen molar-refractivity contribution >= 4 is 5.78 Å². The molecule has 0 aromatic rings. The van der Waals surface area contributed by atoms with Gasteiger partial charge in [-0.1, -0.05) is 38.8 Å².